The fourth-order valence-electron chi connectivity index (χ4n) is 2.66. The predicted octanol–water partition coefficient (Wildman–Crippen LogP) is 5.35. The molecule has 186 valence electrons. The van der Waals surface area contributed by atoms with Crippen molar-refractivity contribution in [3.05, 3.63) is 60.8 Å². The van der Waals surface area contributed by atoms with E-state index in [1.165, 1.54) is 0 Å². The third-order valence-corrected chi connectivity index (χ3v) is 4.52. The van der Waals surface area contributed by atoms with Crippen LogP contribution < -0.4 is 0 Å². The van der Waals surface area contributed by atoms with Gasteiger partial charge >= 0.3 is 5.97 Å². The first-order chi connectivity index (χ1) is 16.1. The van der Waals surface area contributed by atoms with Crippen LogP contribution in [-0.2, 0) is 19.1 Å². The van der Waals surface area contributed by atoms with E-state index >= 15 is 0 Å². The Morgan fingerprint density at radius 2 is 1.18 bits per heavy atom. The van der Waals surface area contributed by atoms with Crippen molar-refractivity contribution in [2.75, 3.05) is 26.4 Å². The minimum absolute atomic E-state index is 0.0112. The van der Waals surface area contributed by atoms with Crippen molar-refractivity contribution in [3.63, 3.8) is 0 Å². The third kappa shape index (κ3) is 24.2. The Morgan fingerprint density at radius 3 is 1.70 bits per heavy atom. The van der Waals surface area contributed by atoms with Gasteiger partial charge in [0.05, 0.1) is 32.0 Å². The molecule has 0 spiro atoms. The molecule has 0 rings (SSSR count). The normalized spacial score (nSPS) is 13.0. The van der Waals surface area contributed by atoms with E-state index in [0.717, 1.165) is 64.1 Å². The number of carbonyl (C=O) groups excluding carboxylic acids is 1. The first-order valence-electron chi connectivity index (χ1n) is 11.9. The van der Waals surface area contributed by atoms with Gasteiger partial charge in [-0.2, -0.15) is 0 Å². The molecule has 0 aliphatic carbocycles. The number of aldehydes is 1. The summed E-state index contributed by atoms with van der Waals surface area (Å²) in [5, 5.41) is 18.3. The van der Waals surface area contributed by atoms with Gasteiger partial charge in [0.1, 0.15) is 12.4 Å². The summed E-state index contributed by atoms with van der Waals surface area (Å²) in [6.07, 6.45) is 27.5. The minimum atomic E-state index is -1.10. The fourth-order valence-corrected chi connectivity index (χ4v) is 2.66. The van der Waals surface area contributed by atoms with Crippen LogP contribution in [0.2, 0.25) is 0 Å². The molecule has 2 N–H and O–H groups in total. The maximum Gasteiger partial charge on any atom is 0.333 e. The van der Waals surface area contributed by atoms with Gasteiger partial charge in [-0.05, 0) is 57.8 Å². The number of hydrogen-bond acceptors (Lipinski definition) is 5. The summed E-state index contributed by atoms with van der Waals surface area (Å²) in [6, 6.07) is 0. The zero-order valence-corrected chi connectivity index (χ0v) is 19.9. The van der Waals surface area contributed by atoms with Crippen LogP contribution in [0.25, 0.3) is 0 Å². The highest BCUT2D eigenvalue weighted by Crippen LogP contribution is 2.03. The Morgan fingerprint density at radius 1 is 0.727 bits per heavy atom. The molecular weight excluding hydrogens is 420 g/mol. The smallest absolute Gasteiger partial charge is 0.333 e. The van der Waals surface area contributed by atoms with Crippen molar-refractivity contribution in [1.82, 2.24) is 0 Å². The van der Waals surface area contributed by atoms with Crippen molar-refractivity contribution in [2.45, 2.75) is 70.3 Å². The van der Waals surface area contributed by atoms with Crippen LogP contribution in [0.15, 0.2) is 60.8 Å². The number of ether oxygens (including phenoxy) is 2. The van der Waals surface area contributed by atoms with E-state index in [2.05, 4.69) is 49.1 Å². The zero-order valence-electron chi connectivity index (χ0n) is 19.9. The van der Waals surface area contributed by atoms with Crippen LogP contribution >= 0.6 is 0 Å². The molecule has 0 heterocycles. The van der Waals surface area contributed by atoms with Crippen molar-refractivity contribution in [2.24, 2.45) is 0 Å². The Kier molecular flexibility index (Phi) is 22.7. The first kappa shape index (κ1) is 30.7. The molecule has 0 bridgehead atoms. The molecule has 1 unspecified atom stereocenters. The van der Waals surface area contributed by atoms with Crippen molar-refractivity contribution < 1.29 is 29.3 Å². The zero-order chi connectivity index (χ0) is 24.4. The lowest BCUT2D eigenvalue weighted by atomic mass is 10.1. The molecule has 0 aliphatic heterocycles. The van der Waals surface area contributed by atoms with E-state index in [-0.39, 0.29) is 25.4 Å². The lowest BCUT2D eigenvalue weighted by molar-refractivity contribution is -0.133. The highest BCUT2D eigenvalue weighted by molar-refractivity contribution is 5.85. The van der Waals surface area contributed by atoms with Gasteiger partial charge in [-0.15, -0.1) is 0 Å². The highest BCUT2D eigenvalue weighted by atomic mass is 16.5. The number of hydrogen-bond donors (Lipinski definition) is 2. The molecular formula is C27H42O6. The lowest BCUT2D eigenvalue weighted by Gasteiger charge is -2.10. The average molecular weight is 463 g/mol. The second-order valence-corrected chi connectivity index (χ2v) is 7.68. The molecule has 0 aromatic rings. The quantitative estimate of drug-likeness (QED) is 0.0921. The number of aliphatic hydroxyl groups is 1. The van der Waals surface area contributed by atoms with E-state index in [4.69, 9.17) is 14.6 Å². The summed E-state index contributed by atoms with van der Waals surface area (Å²) in [6.45, 7) is 3.80. The number of carboxylic acid groups (broad SMARTS) is 1. The monoisotopic (exact) mass is 462 g/mol. The summed E-state index contributed by atoms with van der Waals surface area (Å²) in [5.41, 5.74) is -0.0457. The molecule has 0 aromatic carbocycles. The molecule has 0 amide bonds. The Bertz CT molecular complexity index is 618. The third-order valence-electron chi connectivity index (χ3n) is 4.52. The fraction of sp³-hybridized carbons (Fsp3) is 0.556. The van der Waals surface area contributed by atoms with Crippen LogP contribution in [0.1, 0.15) is 64.2 Å². The van der Waals surface area contributed by atoms with Crippen LogP contribution in [-0.4, -0.2) is 55.0 Å². The van der Waals surface area contributed by atoms with Crippen molar-refractivity contribution >= 4 is 12.3 Å². The highest BCUT2D eigenvalue weighted by Gasteiger charge is 2.07. The van der Waals surface area contributed by atoms with Gasteiger partial charge < -0.3 is 24.5 Å². The van der Waals surface area contributed by atoms with Crippen LogP contribution in [0.4, 0.5) is 0 Å². The van der Waals surface area contributed by atoms with Crippen LogP contribution in [0.5, 0.6) is 0 Å². The van der Waals surface area contributed by atoms with E-state index in [0.29, 0.717) is 13.0 Å². The summed E-state index contributed by atoms with van der Waals surface area (Å²) in [4.78, 5) is 20.8. The lowest BCUT2D eigenvalue weighted by Crippen LogP contribution is -2.23. The molecule has 6 heteroatoms. The number of rotatable bonds is 23. The van der Waals surface area contributed by atoms with Gasteiger partial charge in [-0.25, -0.2) is 4.79 Å². The predicted molar refractivity (Wildman–Crippen MR) is 133 cm³/mol. The standard InChI is InChI=1S/C27H42O6/c1-25(27(30)31)22-33-24-26(29)23-32-21-19-17-15-13-11-9-7-5-3-2-4-6-8-10-12-14-16-18-20-28/h2-3,8-11,17,19-20,26,29H,1,4-7,12-16,18,21-24H2,(H,30,31)/b3-2+,10-8+,11-9+,19-17+. The van der Waals surface area contributed by atoms with Crippen molar-refractivity contribution in [1.29, 1.82) is 0 Å². The summed E-state index contributed by atoms with van der Waals surface area (Å²) < 4.78 is 10.4. The summed E-state index contributed by atoms with van der Waals surface area (Å²) >= 11 is 0. The van der Waals surface area contributed by atoms with Crippen LogP contribution in [0.3, 0.4) is 0 Å². The largest absolute Gasteiger partial charge is 0.478 e. The van der Waals surface area contributed by atoms with Gasteiger partial charge in [-0.3, -0.25) is 0 Å². The molecule has 0 saturated carbocycles. The second kappa shape index (κ2) is 24.4. The topological polar surface area (TPSA) is 93.1 Å². The number of carbonyl (C=O) groups is 2. The molecule has 33 heavy (non-hydrogen) atoms. The molecule has 1 atom stereocenters. The molecule has 0 saturated heterocycles. The van der Waals surface area contributed by atoms with Gasteiger partial charge in [0.25, 0.3) is 0 Å². The number of allylic oxidation sites excluding steroid dienone is 7. The number of carboxylic acids is 1. The van der Waals surface area contributed by atoms with Gasteiger partial charge in [0, 0.05) is 6.42 Å². The molecule has 6 nitrogen and oxygen atoms in total. The van der Waals surface area contributed by atoms with Gasteiger partial charge in [0.15, 0.2) is 0 Å². The Hall–Kier alpha value is -2.28. The number of aliphatic carboxylic acids is 1. The second-order valence-electron chi connectivity index (χ2n) is 7.68. The Balaban J connectivity index is 3.46. The van der Waals surface area contributed by atoms with E-state index < -0.39 is 12.1 Å². The molecule has 0 aromatic heterocycles. The maximum atomic E-state index is 10.6. The van der Waals surface area contributed by atoms with Gasteiger partial charge in [0.2, 0.25) is 0 Å². The SMILES string of the molecule is C=C(COCC(O)COC/C=C/CC/C=C/CC/C=C/CC/C=C/CCCCC=O)C(=O)O. The van der Waals surface area contributed by atoms with E-state index in [9.17, 15) is 14.7 Å². The van der Waals surface area contributed by atoms with Crippen molar-refractivity contribution in [3.8, 4) is 0 Å². The minimum Gasteiger partial charge on any atom is -0.478 e. The summed E-state index contributed by atoms with van der Waals surface area (Å²) in [7, 11) is 0. The number of unbranched alkanes of at least 4 members (excludes halogenated alkanes) is 6. The van der Waals surface area contributed by atoms with E-state index in [1.54, 1.807) is 0 Å². The average Bonchev–Trinajstić information content (AvgIpc) is 2.79. The first-order valence-corrected chi connectivity index (χ1v) is 11.9. The number of aliphatic hydroxyl groups excluding tert-OH is 1. The summed E-state index contributed by atoms with van der Waals surface area (Å²) in [5.74, 6) is -1.10. The molecule has 0 aliphatic rings. The van der Waals surface area contributed by atoms with E-state index in [1.807, 2.05) is 6.08 Å². The Labute approximate surface area is 199 Å². The maximum absolute atomic E-state index is 10.6. The molecule has 0 radical (unpaired) electrons. The molecule has 0 fully saturated rings. The van der Waals surface area contributed by atoms with Crippen LogP contribution in [0, 0.1) is 0 Å². The van der Waals surface area contributed by atoms with Gasteiger partial charge in [-0.1, -0.05) is 55.2 Å².